The minimum atomic E-state index is -0.545. The number of hydrogen-bond donors (Lipinski definition) is 2. The lowest BCUT2D eigenvalue weighted by Gasteiger charge is -2.23. The Labute approximate surface area is 131 Å². The molecule has 0 aliphatic heterocycles. The molecule has 1 heterocycles. The number of likely N-dealkylation sites (N-methyl/N-ethyl adjacent to an activating group) is 1. The van der Waals surface area contributed by atoms with Crippen LogP contribution in [0.2, 0.25) is 0 Å². The summed E-state index contributed by atoms with van der Waals surface area (Å²) in [5.74, 6) is 0.433. The number of pyridine rings is 1. The first-order chi connectivity index (χ1) is 10.5. The molecule has 0 aromatic carbocycles. The zero-order valence-corrected chi connectivity index (χ0v) is 13.4. The average Bonchev–Trinajstić information content (AvgIpc) is 3.33. The molecule has 2 N–H and O–H groups in total. The summed E-state index contributed by atoms with van der Waals surface area (Å²) in [5, 5.41) is 5.99. The van der Waals surface area contributed by atoms with E-state index in [0.717, 1.165) is 5.82 Å². The van der Waals surface area contributed by atoms with Crippen molar-refractivity contribution in [2.75, 3.05) is 18.4 Å². The minimum absolute atomic E-state index is 0.0710. The summed E-state index contributed by atoms with van der Waals surface area (Å²) >= 11 is 0. The van der Waals surface area contributed by atoms with Gasteiger partial charge in [-0.3, -0.25) is 9.59 Å². The molecule has 0 saturated heterocycles. The molecule has 0 radical (unpaired) electrons. The standard InChI is InChI=1S/C16H24N4O2/c1-4-20(5-2)16(22)11(3)18-15(21)12-6-9-14(17-10-12)19-13-7-8-13/h6,9-11,13H,4-5,7-8H2,1-3H3,(H,17,19)(H,18,21)/t11-/m0/s1. The minimum Gasteiger partial charge on any atom is -0.367 e. The third-order valence-electron chi connectivity index (χ3n) is 3.75. The summed E-state index contributed by atoms with van der Waals surface area (Å²) in [5.41, 5.74) is 0.459. The third kappa shape index (κ3) is 4.19. The van der Waals surface area contributed by atoms with Crippen LogP contribution in [-0.4, -0.2) is 46.9 Å². The third-order valence-corrected chi connectivity index (χ3v) is 3.75. The maximum atomic E-state index is 12.2. The van der Waals surface area contributed by atoms with Crippen molar-refractivity contribution in [3.63, 3.8) is 0 Å². The predicted molar refractivity (Wildman–Crippen MR) is 85.7 cm³/mol. The molecule has 6 heteroatoms. The molecule has 1 aromatic heterocycles. The molecule has 2 amide bonds. The lowest BCUT2D eigenvalue weighted by atomic mass is 10.2. The van der Waals surface area contributed by atoms with Gasteiger partial charge in [-0.15, -0.1) is 0 Å². The first-order valence-electron chi connectivity index (χ1n) is 7.87. The number of anilines is 1. The van der Waals surface area contributed by atoms with Crippen LogP contribution in [0.25, 0.3) is 0 Å². The Bertz CT molecular complexity index is 521. The van der Waals surface area contributed by atoms with E-state index in [1.54, 1.807) is 24.0 Å². The fourth-order valence-corrected chi connectivity index (χ4v) is 2.20. The predicted octanol–water partition coefficient (Wildman–Crippen LogP) is 1.64. The van der Waals surface area contributed by atoms with Gasteiger partial charge in [0.15, 0.2) is 0 Å². The summed E-state index contributed by atoms with van der Waals surface area (Å²) in [4.78, 5) is 30.2. The van der Waals surface area contributed by atoms with Gasteiger partial charge in [-0.2, -0.15) is 0 Å². The fourth-order valence-electron chi connectivity index (χ4n) is 2.20. The van der Waals surface area contributed by atoms with Crippen molar-refractivity contribution >= 4 is 17.6 Å². The first-order valence-corrected chi connectivity index (χ1v) is 7.87. The zero-order chi connectivity index (χ0) is 16.1. The summed E-state index contributed by atoms with van der Waals surface area (Å²) in [6, 6.07) is 3.50. The monoisotopic (exact) mass is 304 g/mol. The molecule has 0 unspecified atom stereocenters. The molecular weight excluding hydrogens is 280 g/mol. The van der Waals surface area contributed by atoms with Gasteiger partial charge in [0.2, 0.25) is 5.91 Å². The molecule has 0 bridgehead atoms. The van der Waals surface area contributed by atoms with Gasteiger partial charge in [0, 0.05) is 25.3 Å². The van der Waals surface area contributed by atoms with E-state index in [4.69, 9.17) is 0 Å². The first kappa shape index (κ1) is 16.3. The van der Waals surface area contributed by atoms with Crippen LogP contribution in [0.4, 0.5) is 5.82 Å². The Morgan fingerprint density at radius 1 is 1.32 bits per heavy atom. The van der Waals surface area contributed by atoms with Gasteiger partial charge < -0.3 is 15.5 Å². The second kappa shape index (κ2) is 7.24. The fraction of sp³-hybridized carbons (Fsp3) is 0.562. The number of aromatic nitrogens is 1. The summed E-state index contributed by atoms with van der Waals surface area (Å²) < 4.78 is 0. The molecule has 1 fully saturated rings. The van der Waals surface area contributed by atoms with Gasteiger partial charge in [-0.1, -0.05) is 0 Å². The molecule has 0 spiro atoms. The van der Waals surface area contributed by atoms with Gasteiger partial charge in [0.25, 0.3) is 5.91 Å². The van der Waals surface area contributed by atoms with E-state index in [1.165, 1.54) is 19.0 Å². The number of amides is 2. The van der Waals surface area contributed by atoms with Crippen molar-refractivity contribution in [1.82, 2.24) is 15.2 Å². The van der Waals surface area contributed by atoms with E-state index in [2.05, 4.69) is 15.6 Å². The SMILES string of the molecule is CCN(CC)C(=O)[C@H](C)NC(=O)c1ccc(NC2CC2)nc1. The van der Waals surface area contributed by atoms with E-state index in [-0.39, 0.29) is 11.8 Å². The van der Waals surface area contributed by atoms with Gasteiger partial charge >= 0.3 is 0 Å². The highest BCUT2D eigenvalue weighted by atomic mass is 16.2. The lowest BCUT2D eigenvalue weighted by Crippen LogP contribution is -2.46. The maximum Gasteiger partial charge on any atom is 0.253 e. The Balaban J connectivity index is 1.91. The zero-order valence-electron chi connectivity index (χ0n) is 13.4. The van der Waals surface area contributed by atoms with Crippen molar-refractivity contribution in [2.45, 2.75) is 45.7 Å². The van der Waals surface area contributed by atoms with E-state index in [0.29, 0.717) is 24.7 Å². The molecule has 1 aliphatic rings. The Morgan fingerprint density at radius 2 is 2.00 bits per heavy atom. The van der Waals surface area contributed by atoms with Crippen molar-refractivity contribution < 1.29 is 9.59 Å². The molecule has 1 aliphatic carbocycles. The van der Waals surface area contributed by atoms with Crippen LogP contribution >= 0.6 is 0 Å². The lowest BCUT2D eigenvalue weighted by molar-refractivity contribution is -0.132. The second-order valence-corrected chi connectivity index (χ2v) is 5.56. The van der Waals surface area contributed by atoms with E-state index < -0.39 is 6.04 Å². The highest BCUT2D eigenvalue weighted by Gasteiger charge is 2.22. The van der Waals surface area contributed by atoms with Crippen LogP contribution in [0, 0.1) is 0 Å². The van der Waals surface area contributed by atoms with Gasteiger partial charge in [-0.05, 0) is 45.7 Å². The summed E-state index contributed by atoms with van der Waals surface area (Å²) in [6.07, 6.45) is 3.89. The van der Waals surface area contributed by atoms with Gasteiger partial charge in [0.05, 0.1) is 5.56 Å². The van der Waals surface area contributed by atoms with Crippen LogP contribution in [-0.2, 0) is 4.79 Å². The normalized spacial score (nSPS) is 15.0. The topological polar surface area (TPSA) is 74.3 Å². The van der Waals surface area contributed by atoms with E-state index in [9.17, 15) is 9.59 Å². The maximum absolute atomic E-state index is 12.2. The second-order valence-electron chi connectivity index (χ2n) is 5.56. The molecule has 2 rings (SSSR count). The Morgan fingerprint density at radius 3 is 2.50 bits per heavy atom. The largest absolute Gasteiger partial charge is 0.367 e. The number of carbonyl (C=O) groups is 2. The van der Waals surface area contributed by atoms with E-state index in [1.807, 2.05) is 13.8 Å². The van der Waals surface area contributed by atoms with Crippen molar-refractivity contribution in [1.29, 1.82) is 0 Å². The van der Waals surface area contributed by atoms with Gasteiger partial charge in [0.1, 0.15) is 11.9 Å². The van der Waals surface area contributed by atoms with Crippen molar-refractivity contribution in [3.8, 4) is 0 Å². The quantitative estimate of drug-likeness (QED) is 0.803. The number of rotatable bonds is 7. The van der Waals surface area contributed by atoms with Crippen LogP contribution in [0.3, 0.4) is 0 Å². The molecule has 6 nitrogen and oxygen atoms in total. The average molecular weight is 304 g/mol. The van der Waals surface area contributed by atoms with Crippen LogP contribution in [0.5, 0.6) is 0 Å². The smallest absolute Gasteiger partial charge is 0.253 e. The molecule has 1 atom stereocenters. The molecule has 1 saturated carbocycles. The molecule has 22 heavy (non-hydrogen) atoms. The number of carbonyl (C=O) groups excluding carboxylic acids is 2. The molecule has 120 valence electrons. The molecular formula is C16H24N4O2. The number of nitrogens with one attached hydrogen (secondary N) is 2. The Hall–Kier alpha value is -2.11. The summed E-state index contributed by atoms with van der Waals surface area (Å²) in [6.45, 7) is 6.82. The number of nitrogens with zero attached hydrogens (tertiary/aromatic N) is 2. The van der Waals surface area contributed by atoms with Crippen LogP contribution in [0.15, 0.2) is 18.3 Å². The van der Waals surface area contributed by atoms with E-state index >= 15 is 0 Å². The highest BCUT2D eigenvalue weighted by molar-refractivity contribution is 5.97. The van der Waals surface area contributed by atoms with Crippen molar-refractivity contribution in [3.05, 3.63) is 23.9 Å². The van der Waals surface area contributed by atoms with Crippen molar-refractivity contribution in [2.24, 2.45) is 0 Å². The van der Waals surface area contributed by atoms with Crippen LogP contribution < -0.4 is 10.6 Å². The van der Waals surface area contributed by atoms with Gasteiger partial charge in [-0.25, -0.2) is 4.98 Å². The van der Waals surface area contributed by atoms with Crippen LogP contribution in [0.1, 0.15) is 44.0 Å². The summed E-state index contributed by atoms with van der Waals surface area (Å²) in [7, 11) is 0. The highest BCUT2D eigenvalue weighted by Crippen LogP contribution is 2.23. The molecule has 1 aromatic rings. The Kier molecular flexibility index (Phi) is 5.35. The number of hydrogen-bond acceptors (Lipinski definition) is 4.